The molecular weight excluding hydrogens is 621 g/mol. The topological polar surface area (TPSA) is 144 Å². The number of anilines is 4. The van der Waals surface area contributed by atoms with Gasteiger partial charge in [-0.1, -0.05) is 0 Å². The number of aromatic nitrogens is 7. The van der Waals surface area contributed by atoms with Gasteiger partial charge in [0, 0.05) is 61.7 Å². The molecule has 12 nitrogen and oxygen atoms in total. The molecule has 1 aliphatic heterocycles. The standard InChI is InChI=1S/C30H33F3N10O2S/c31-20-1-3-21(4-2-20)37-25-15-27(35-17-23(25)24-7-8-28(41-40-24)42-13-10-30(32,33)11-14-42)38-26-9-12-34-29(39-26)19-16-36-43(18-19)46(44,45)22-5-6-22/h7-9,12,15-18,20-22H,1-6,10-11,13-14H2,(H2,34,35,37,38,39). The molecule has 7 rings (SSSR count). The molecule has 2 saturated carbocycles. The van der Waals surface area contributed by atoms with Gasteiger partial charge in [-0.05, 0) is 56.7 Å². The molecule has 242 valence electrons. The van der Waals surface area contributed by atoms with E-state index in [-0.39, 0.29) is 32.0 Å². The quantitative estimate of drug-likeness (QED) is 0.246. The Morgan fingerprint density at radius 3 is 2.41 bits per heavy atom. The Morgan fingerprint density at radius 1 is 0.913 bits per heavy atom. The molecule has 3 aliphatic rings. The van der Waals surface area contributed by atoms with Crippen molar-refractivity contribution in [3.63, 3.8) is 0 Å². The van der Waals surface area contributed by atoms with E-state index in [0.717, 1.165) is 9.77 Å². The lowest BCUT2D eigenvalue weighted by molar-refractivity contribution is -0.0221. The lowest BCUT2D eigenvalue weighted by Gasteiger charge is -2.32. The molecule has 0 unspecified atom stereocenters. The first-order chi connectivity index (χ1) is 22.1. The maximum atomic E-state index is 13.9. The first kappa shape index (κ1) is 30.3. The van der Waals surface area contributed by atoms with Crippen LogP contribution in [0.25, 0.3) is 22.6 Å². The number of hydrogen-bond donors (Lipinski definition) is 2. The Bertz CT molecular complexity index is 1800. The van der Waals surface area contributed by atoms with Crippen molar-refractivity contribution in [1.82, 2.24) is 34.3 Å². The van der Waals surface area contributed by atoms with Crippen LogP contribution < -0.4 is 15.5 Å². The number of rotatable bonds is 9. The van der Waals surface area contributed by atoms with E-state index in [1.54, 1.807) is 35.5 Å². The Balaban J connectivity index is 1.12. The SMILES string of the molecule is O=S(=O)(C1CC1)n1cc(-c2nccc(Nc3cc(NC4CCC(F)CC4)c(-c4ccc(N5CCC(F)(F)CC5)nn4)cn3)n2)cn1. The van der Waals surface area contributed by atoms with Crippen LogP contribution in [0, 0.1) is 0 Å². The molecule has 0 atom stereocenters. The zero-order valence-corrected chi connectivity index (χ0v) is 25.7. The normalized spacial score (nSPS) is 21.6. The summed E-state index contributed by atoms with van der Waals surface area (Å²) in [7, 11) is -3.51. The van der Waals surface area contributed by atoms with Gasteiger partial charge in [0.15, 0.2) is 11.6 Å². The molecule has 2 aliphatic carbocycles. The molecule has 0 bridgehead atoms. The summed E-state index contributed by atoms with van der Waals surface area (Å²) in [6.07, 6.45) is 8.40. The third kappa shape index (κ3) is 6.62. The zero-order valence-electron chi connectivity index (χ0n) is 24.9. The number of hydrogen-bond acceptors (Lipinski definition) is 11. The van der Waals surface area contributed by atoms with Gasteiger partial charge in [0.1, 0.15) is 17.8 Å². The third-order valence-corrected chi connectivity index (χ3v) is 10.6. The van der Waals surface area contributed by atoms with Gasteiger partial charge < -0.3 is 15.5 Å². The van der Waals surface area contributed by atoms with E-state index < -0.39 is 27.4 Å². The first-order valence-electron chi connectivity index (χ1n) is 15.4. The summed E-state index contributed by atoms with van der Waals surface area (Å²) >= 11 is 0. The third-order valence-electron chi connectivity index (χ3n) is 8.60. The van der Waals surface area contributed by atoms with Crippen molar-refractivity contribution in [3.8, 4) is 22.6 Å². The van der Waals surface area contributed by atoms with Gasteiger partial charge in [0.2, 0.25) is 0 Å². The highest BCUT2D eigenvalue weighted by Crippen LogP contribution is 2.34. The second kappa shape index (κ2) is 12.1. The minimum Gasteiger partial charge on any atom is -0.382 e. The molecule has 2 N–H and O–H groups in total. The fourth-order valence-corrected chi connectivity index (χ4v) is 7.22. The Kier molecular flexibility index (Phi) is 7.98. The fraction of sp³-hybridized carbons (Fsp3) is 0.467. The molecule has 46 heavy (non-hydrogen) atoms. The van der Waals surface area contributed by atoms with Crippen LogP contribution in [0.3, 0.4) is 0 Å². The smallest absolute Gasteiger partial charge is 0.256 e. The molecule has 0 amide bonds. The van der Waals surface area contributed by atoms with Crippen molar-refractivity contribution < 1.29 is 21.6 Å². The van der Waals surface area contributed by atoms with Gasteiger partial charge in [-0.3, -0.25) is 0 Å². The highest BCUT2D eigenvalue weighted by molar-refractivity contribution is 7.90. The number of alkyl halides is 3. The number of halogens is 3. The van der Waals surface area contributed by atoms with E-state index in [1.807, 2.05) is 6.07 Å². The van der Waals surface area contributed by atoms with E-state index in [1.165, 1.54) is 12.4 Å². The van der Waals surface area contributed by atoms with Gasteiger partial charge >= 0.3 is 0 Å². The van der Waals surface area contributed by atoms with E-state index in [4.69, 9.17) is 0 Å². The van der Waals surface area contributed by atoms with E-state index in [9.17, 15) is 21.6 Å². The Labute approximate surface area is 263 Å². The minimum absolute atomic E-state index is 0.0531. The lowest BCUT2D eigenvalue weighted by atomic mass is 9.93. The fourth-order valence-electron chi connectivity index (χ4n) is 5.74. The summed E-state index contributed by atoms with van der Waals surface area (Å²) in [5, 5.41) is 19.1. The summed E-state index contributed by atoms with van der Waals surface area (Å²) in [5.41, 5.74) is 2.42. The van der Waals surface area contributed by atoms with Crippen LogP contribution in [-0.4, -0.2) is 79.2 Å². The maximum Gasteiger partial charge on any atom is 0.256 e. The number of piperidine rings is 1. The summed E-state index contributed by atoms with van der Waals surface area (Å²) in [6, 6.07) is 7.11. The highest BCUT2D eigenvalue weighted by Gasteiger charge is 2.38. The van der Waals surface area contributed by atoms with Crippen LogP contribution in [0.15, 0.2) is 49.1 Å². The maximum absolute atomic E-state index is 13.9. The molecule has 3 fully saturated rings. The molecule has 0 radical (unpaired) electrons. The Morgan fingerprint density at radius 2 is 1.70 bits per heavy atom. The number of nitrogens with one attached hydrogen (secondary N) is 2. The van der Waals surface area contributed by atoms with Crippen LogP contribution in [-0.2, 0) is 10.0 Å². The predicted octanol–water partition coefficient (Wildman–Crippen LogP) is 5.20. The largest absolute Gasteiger partial charge is 0.382 e. The van der Waals surface area contributed by atoms with Gasteiger partial charge in [-0.15, -0.1) is 10.2 Å². The number of nitrogens with zero attached hydrogens (tertiary/aromatic N) is 8. The molecule has 4 aromatic heterocycles. The highest BCUT2D eigenvalue weighted by atomic mass is 32.2. The van der Waals surface area contributed by atoms with Crippen LogP contribution in [0.2, 0.25) is 0 Å². The van der Waals surface area contributed by atoms with Crippen molar-refractivity contribution >= 4 is 33.2 Å². The monoisotopic (exact) mass is 654 g/mol. The molecule has 4 aromatic rings. The molecule has 16 heteroatoms. The van der Waals surface area contributed by atoms with E-state index >= 15 is 0 Å². The summed E-state index contributed by atoms with van der Waals surface area (Å²) in [5.74, 6) is -0.906. The first-order valence-corrected chi connectivity index (χ1v) is 16.9. The molecule has 0 aromatic carbocycles. The number of pyridine rings is 1. The molecule has 1 saturated heterocycles. The van der Waals surface area contributed by atoms with Crippen molar-refractivity contribution in [2.75, 3.05) is 28.6 Å². The molecule has 5 heterocycles. The second-order valence-corrected chi connectivity index (χ2v) is 14.1. The minimum atomic E-state index is -3.51. The van der Waals surface area contributed by atoms with Crippen LogP contribution in [0.5, 0.6) is 0 Å². The summed E-state index contributed by atoms with van der Waals surface area (Å²) in [6.45, 7) is 0.416. The average Bonchev–Trinajstić information content (AvgIpc) is 3.80. The Hall–Kier alpha value is -4.34. The lowest BCUT2D eigenvalue weighted by Crippen LogP contribution is -2.39. The molecular formula is C30H33F3N10O2S. The zero-order chi connectivity index (χ0) is 31.9. The van der Waals surface area contributed by atoms with E-state index in [2.05, 4.69) is 40.9 Å². The average molecular weight is 655 g/mol. The second-order valence-electron chi connectivity index (χ2n) is 12.1. The van der Waals surface area contributed by atoms with Crippen molar-refractivity contribution in [1.29, 1.82) is 0 Å². The van der Waals surface area contributed by atoms with Gasteiger partial charge in [-0.25, -0.2) is 36.5 Å². The van der Waals surface area contributed by atoms with Crippen LogP contribution in [0.1, 0.15) is 51.4 Å². The van der Waals surface area contributed by atoms with E-state index in [0.29, 0.717) is 78.6 Å². The van der Waals surface area contributed by atoms with Gasteiger partial charge in [0.05, 0.1) is 28.9 Å². The van der Waals surface area contributed by atoms with Crippen molar-refractivity contribution in [2.24, 2.45) is 0 Å². The van der Waals surface area contributed by atoms with Gasteiger partial charge in [0.25, 0.3) is 15.9 Å². The van der Waals surface area contributed by atoms with Crippen molar-refractivity contribution in [2.45, 2.75) is 74.8 Å². The summed E-state index contributed by atoms with van der Waals surface area (Å²) < 4.78 is 67.3. The predicted molar refractivity (Wildman–Crippen MR) is 166 cm³/mol. The summed E-state index contributed by atoms with van der Waals surface area (Å²) in [4.78, 5) is 15.2. The van der Waals surface area contributed by atoms with Crippen molar-refractivity contribution in [3.05, 3.63) is 49.1 Å². The van der Waals surface area contributed by atoms with Crippen LogP contribution in [0.4, 0.5) is 36.3 Å². The van der Waals surface area contributed by atoms with Gasteiger partial charge in [-0.2, -0.15) is 9.19 Å². The molecule has 0 spiro atoms. The van der Waals surface area contributed by atoms with Crippen LogP contribution >= 0.6 is 0 Å².